The predicted molar refractivity (Wildman–Crippen MR) is 133 cm³/mol. The Bertz CT molecular complexity index is 1390. The Kier molecular flexibility index (Phi) is 5.98. The monoisotopic (exact) mass is 458 g/mol. The number of aliphatic hydroxyl groups is 1. The summed E-state index contributed by atoms with van der Waals surface area (Å²) in [5.41, 5.74) is 5.25. The number of hydrogen-bond donors (Lipinski definition) is 1. The lowest BCUT2D eigenvalue weighted by atomic mass is 10.00. The van der Waals surface area contributed by atoms with E-state index in [2.05, 4.69) is 38.8 Å². The lowest BCUT2D eigenvalue weighted by Crippen LogP contribution is -2.39. The molecule has 7 heteroatoms. The zero-order valence-corrected chi connectivity index (χ0v) is 19.9. The number of nitrogens with zero attached hydrogens (tertiary/aromatic N) is 4. The van der Waals surface area contributed by atoms with Crippen molar-refractivity contribution in [2.75, 3.05) is 19.7 Å². The van der Waals surface area contributed by atoms with Crippen LogP contribution in [0, 0.1) is 13.8 Å². The van der Waals surface area contributed by atoms with E-state index in [-0.39, 0.29) is 12.2 Å². The second-order valence-electron chi connectivity index (χ2n) is 9.04. The van der Waals surface area contributed by atoms with Crippen molar-refractivity contribution in [1.29, 1.82) is 0 Å². The van der Waals surface area contributed by atoms with Crippen molar-refractivity contribution in [1.82, 2.24) is 19.2 Å². The van der Waals surface area contributed by atoms with Crippen molar-refractivity contribution in [2.24, 2.45) is 7.05 Å². The lowest BCUT2D eigenvalue weighted by Gasteiger charge is -2.30. The van der Waals surface area contributed by atoms with Gasteiger partial charge in [0.1, 0.15) is 12.7 Å². The van der Waals surface area contributed by atoms with Gasteiger partial charge in [-0.2, -0.15) is 0 Å². The van der Waals surface area contributed by atoms with Gasteiger partial charge in [0.05, 0.1) is 10.8 Å². The first-order chi connectivity index (χ1) is 16.4. The summed E-state index contributed by atoms with van der Waals surface area (Å²) in [6.07, 6.45) is 0.315. The summed E-state index contributed by atoms with van der Waals surface area (Å²) >= 11 is 0. The summed E-state index contributed by atoms with van der Waals surface area (Å²) in [6.45, 7) is 6.27. The summed E-state index contributed by atoms with van der Waals surface area (Å²) in [4.78, 5) is 15.2. The second kappa shape index (κ2) is 9.08. The van der Waals surface area contributed by atoms with E-state index < -0.39 is 6.10 Å². The molecule has 2 aromatic heterocycles. The number of para-hydroxylation sites is 1. The Morgan fingerprint density at radius 3 is 2.44 bits per heavy atom. The van der Waals surface area contributed by atoms with Gasteiger partial charge in [0.25, 0.3) is 5.56 Å². The lowest BCUT2D eigenvalue weighted by molar-refractivity contribution is 0.0621. The number of aromatic nitrogens is 3. The van der Waals surface area contributed by atoms with Crippen LogP contribution in [0.2, 0.25) is 0 Å². The summed E-state index contributed by atoms with van der Waals surface area (Å²) in [7, 11) is 1.63. The first-order valence-corrected chi connectivity index (χ1v) is 11.7. The maximum Gasteiger partial charge on any atom is 0.276 e. The molecule has 3 heterocycles. The third-order valence-corrected chi connectivity index (χ3v) is 6.71. The summed E-state index contributed by atoms with van der Waals surface area (Å²) < 4.78 is 9.42. The Labute approximate surface area is 198 Å². The van der Waals surface area contributed by atoms with Crippen LogP contribution in [0.5, 0.6) is 5.88 Å². The molecule has 1 atom stereocenters. The first-order valence-electron chi connectivity index (χ1n) is 11.7. The molecule has 176 valence electrons. The number of rotatable bonds is 6. The zero-order valence-electron chi connectivity index (χ0n) is 19.9. The number of aryl methyl sites for hydroxylation is 3. The van der Waals surface area contributed by atoms with Crippen molar-refractivity contribution >= 4 is 10.8 Å². The molecular weight excluding hydrogens is 428 g/mol. The molecule has 1 aliphatic heterocycles. The molecule has 0 aliphatic carbocycles. The maximum absolute atomic E-state index is 13.0. The number of ether oxygens (including phenoxy) is 1. The molecule has 1 unspecified atom stereocenters. The van der Waals surface area contributed by atoms with Gasteiger partial charge in [-0.1, -0.05) is 42.5 Å². The molecule has 0 saturated carbocycles. The molecule has 4 aromatic rings. The SMILES string of the molecule is Cc1c2c(OCC(O)CN3CCc4ccccc4C3)nn(C)c(=O)c2c(C)n1-c1ccccc1. The van der Waals surface area contributed by atoms with E-state index in [1.165, 1.54) is 15.8 Å². The fourth-order valence-corrected chi connectivity index (χ4v) is 5.06. The second-order valence-corrected chi connectivity index (χ2v) is 9.04. The Morgan fingerprint density at radius 2 is 1.68 bits per heavy atom. The van der Waals surface area contributed by atoms with E-state index in [1.807, 2.05) is 44.2 Å². The van der Waals surface area contributed by atoms with Crippen LogP contribution in [0.25, 0.3) is 16.5 Å². The largest absolute Gasteiger partial charge is 0.473 e. The van der Waals surface area contributed by atoms with Gasteiger partial charge in [-0.3, -0.25) is 9.69 Å². The molecule has 1 N–H and O–H groups in total. The molecule has 7 nitrogen and oxygen atoms in total. The molecule has 2 aromatic carbocycles. The number of benzene rings is 2. The third kappa shape index (κ3) is 4.02. The van der Waals surface area contributed by atoms with Gasteiger partial charge < -0.3 is 14.4 Å². The molecule has 0 saturated heterocycles. The van der Waals surface area contributed by atoms with Crippen molar-refractivity contribution < 1.29 is 9.84 Å². The van der Waals surface area contributed by atoms with E-state index in [0.717, 1.165) is 36.6 Å². The van der Waals surface area contributed by atoms with E-state index in [1.54, 1.807) is 7.05 Å². The van der Waals surface area contributed by atoms with Gasteiger partial charge in [0.2, 0.25) is 5.88 Å². The quantitative estimate of drug-likeness (QED) is 0.481. The summed E-state index contributed by atoms with van der Waals surface area (Å²) in [5.74, 6) is 0.371. The van der Waals surface area contributed by atoms with Gasteiger partial charge in [-0.25, -0.2) is 4.68 Å². The van der Waals surface area contributed by atoms with Gasteiger partial charge in [0.15, 0.2) is 0 Å². The molecule has 1 aliphatic rings. The van der Waals surface area contributed by atoms with E-state index in [0.29, 0.717) is 23.2 Å². The van der Waals surface area contributed by atoms with Gasteiger partial charge in [-0.05, 0) is 43.5 Å². The van der Waals surface area contributed by atoms with Gasteiger partial charge in [-0.15, -0.1) is 5.10 Å². The average molecular weight is 459 g/mol. The molecule has 5 rings (SSSR count). The van der Waals surface area contributed by atoms with Crippen molar-refractivity contribution in [3.63, 3.8) is 0 Å². The van der Waals surface area contributed by atoms with Gasteiger partial charge in [0, 0.05) is 43.8 Å². The summed E-state index contributed by atoms with van der Waals surface area (Å²) in [5, 5.41) is 16.4. The standard InChI is InChI=1S/C27H30N4O3/c1-18-24-25(19(2)31(18)22-11-5-4-6-12-22)27(33)29(3)28-26(24)34-17-23(32)16-30-14-13-20-9-7-8-10-21(20)15-30/h4-12,23,32H,13-17H2,1-3H3. The van der Waals surface area contributed by atoms with Crippen LogP contribution >= 0.6 is 0 Å². The first kappa shape index (κ1) is 22.4. The molecule has 0 radical (unpaired) electrons. The highest BCUT2D eigenvalue weighted by atomic mass is 16.5. The number of fused-ring (bicyclic) bond motifs is 2. The van der Waals surface area contributed by atoms with Crippen molar-refractivity contribution in [3.8, 4) is 11.6 Å². The molecule has 0 fully saturated rings. The number of aliphatic hydroxyl groups excluding tert-OH is 1. The van der Waals surface area contributed by atoms with E-state index in [4.69, 9.17) is 4.74 Å². The highest BCUT2D eigenvalue weighted by Gasteiger charge is 2.23. The minimum absolute atomic E-state index is 0.105. The van der Waals surface area contributed by atoms with Crippen LogP contribution in [0.1, 0.15) is 22.5 Å². The zero-order chi connectivity index (χ0) is 23.8. The molecule has 34 heavy (non-hydrogen) atoms. The number of β-amino-alcohol motifs (C(OH)–C–C–N with tert-alkyl or cyclic N) is 1. The van der Waals surface area contributed by atoms with Crippen LogP contribution < -0.4 is 10.3 Å². The van der Waals surface area contributed by atoms with Crippen LogP contribution in [0.15, 0.2) is 59.4 Å². The van der Waals surface area contributed by atoms with Crippen LogP contribution in [-0.2, 0) is 20.0 Å². The molecular formula is C27H30N4O3. The topological polar surface area (TPSA) is 72.5 Å². The predicted octanol–water partition coefficient (Wildman–Crippen LogP) is 3.14. The smallest absolute Gasteiger partial charge is 0.276 e. The Balaban J connectivity index is 1.39. The minimum Gasteiger partial charge on any atom is -0.473 e. The van der Waals surface area contributed by atoms with Crippen LogP contribution in [0.3, 0.4) is 0 Å². The van der Waals surface area contributed by atoms with Crippen LogP contribution in [-0.4, -0.2) is 50.2 Å². The average Bonchev–Trinajstić information content (AvgIpc) is 3.11. The van der Waals surface area contributed by atoms with E-state index >= 15 is 0 Å². The minimum atomic E-state index is -0.669. The van der Waals surface area contributed by atoms with Gasteiger partial charge >= 0.3 is 0 Å². The fraction of sp³-hybridized carbons (Fsp3) is 0.333. The highest BCUT2D eigenvalue weighted by molar-refractivity contribution is 5.92. The number of hydrogen-bond acceptors (Lipinski definition) is 5. The molecule has 0 amide bonds. The Hall–Kier alpha value is -3.42. The highest BCUT2D eigenvalue weighted by Crippen LogP contribution is 2.31. The summed E-state index contributed by atoms with van der Waals surface area (Å²) in [6, 6.07) is 18.4. The van der Waals surface area contributed by atoms with Crippen LogP contribution in [0.4, 0.5) is 0 Å². The maximum atomic E-state index is 13.0. The molecule has 0 bridgehead atoms. The molecule has 0 spiro atoms. The van der Waals surface area contributed by atoms with Crippen molar-refractivity contribution in [3.05, 3.63) is 87.5 Å². The Morgan fingerprint density at radius 1 is 1.00 bits per heavy atom. The van der Waals surface area contributed by atoms with E-state index in [9.17, 15) is 9.90 Å². The third-order valence-electron chi connectivity index (χ3n) is 6.71. The normalized spacial score (nSPS) is 14.8. The van der Waals surface area contributed by atoms with Crippen molar-refractivity contribution in [2.45, 2.75) is 32.9 Å². The fourth-order valence-electron chi connectivity index (χ4n) is 5.06.